The van der Waals surface area contributed by atoms with E-state index in [-0.39, 0.29) is 18.9 Å². The van der Waals surface area contributed by atoms with E-state index in [4.69, 9.17) is 28.4 Å². The molecule has 78 heavy (non-hydrogen) atoms. The van der Waals surface area contributed by atoms with Crippen LogP contribution in [0, 0.1) is 0 Å². The van der Waals surface area contributed by atoms with E-state index in [0.29, 0.717) is 19.3 Å². The van der Waals surface area contributed by atoms with Gasteiger partial charge in [-0.15, -0.1) is 0 Å². The number of carboxylic acid groups (broad SMARTS) is 1. The monoisotopic (exact) mass is 1120 g/mol. The van der Waals surface area contributed by atoms with Crippen LogP contribution in [-0.2, 0) is 42.8 Å². The zero-order valence-electron chi connectivity index (χ0n) is 46.5. The number of carbonyl (C=O) groups is 3. The molecule has 0 saturated carbocycles. The molecule has 0 radical (unpaired) electrons. The van der Waals surface area contributed by atoms with Crippen molar-refractivity contribution >= 4 is 17.8 Å². The SMILES string of the molecule is CCCC/C=C\CCCCCCC(=O)NC(COC1OC(CO)C(OC2OC(CO)C(O)C(OC3(C(=O)O)CC(O)C(NC(C)=O)C(C(O)C(O)CO)O3)C2O)C(O)C1O)C(O)CCCCCCCCCCCCCCCC. The Bertz CT molecular complexity index is 1670. The first kappa shape index (κ1) is 69.7. The summed E-state index contributed by atoms with van der Waals surface area (Å²) >= 11 is 0. The molecule has 23 heteroatoms. The molecule has 2 amide bonds. The number of unbranched alkanes of at least 4 members (excludes halogenated alkanes) is 19. The zero-order chi connectivity index (χ0) is 57.6. The topological polar surface area (TPSA) is 373 Å². The van der Waals surface area contributed by atoms with Crippen molar-refractivity contribution in [2.75, 3.05) is 26.4 Å². The summed E-state index contributed by atoms with van der Waals surface area (Å²) in [6.45, 7) is 2.09. The molecule has 18 atom stereocenters. The highest BCUT2D eigenvalue weighted by atomic mass is 16.8. The van der Waals surface area contributed by atoms with Crippen LogP contribution in [0.25, 0.3) is 0 Å². The molecule has 18 unspecified atom stereocenters. The molecule has 3 heterocycles. The molecule has 0 aromatic rings. The number of carbonyl (C=O) groups excluding carboxylic acids is 2. The molecular weight excluding hydrogens is 1020 g/mol. The average Bonchev–Trinajstić information content (AvgIpc) is 3.49. The summed E-state index contributed by atoms with van der Waals surface area (Å²) in [5, 5.41) is 135. The van der Waals surface area contributed by atoms with Crippen LogP contribution in [0.4, 0.5) is 0 Å². The first-order chi connectivity index (χ1) is 37.4. The second kappa shape index (κ2) is 38.3. The lowest BCUT2D eigenvalue weighted by atomic mass is 9.88. The molecule has 0 bridgehead atoms. The van der Waals surface area contributed by atoms with Gasteiger partial charge in [0.2, 0.25) is 11.8 Å². The summed E-state index contributed by atoms with van der Waals surface area (Å²) in [5.74, 6) is -6.12. The van der Waals surface area contributed by atoms with Crippen LogP contribution < -0.4 is 10.6 Å². The lowest BCUT2D eigenvalue weighted by Gasteiger charge is -2.50. The van der Waals surface area contributed by atoms with Gasteiger partial charge < -0.3 is 100 Å². The summed E-state index contributed by atoms with van der Waals surface area (Å²) in [5.41, 5.74) is 0. The van der Waals surface area contributed by atoms with Gasteiger partial charge in [-0.25, -0.2) is 4.79 Å². The molecule has 0 aliphatic carbocycles. The Morgan fingerprint density at radius 2 is 1.21 bits per heavy atom. The Balaban J connectivity index is 1.69. The molecule has 0 aromatic heterocycles. The number of amides is 2. The van der Waals surface area contributed by atoms with Gasteiger partial charge in [-0.05, 0) is 32.1 Å². The minimum Gasteiger partial charge on any atom is -0.477 e. The van der Waals surface area contributed by atoms with Gasteiger partial charge in [0.1, 0.15) is 67.1 Å². The first-order valence-corrected chi connectivity index (χ1v) is 29.0. The van der Waals surface area contributed by atoms with E-state index in [9.17, 15) is 75.7 Å². The quantitative estimate of drug-likeness (QED) is 0.0305. The van der Waals surface area contributed by atoms with E-state index in [2.05, 4.69) is 36.6 Å². The maximum Gasteiger partial charge on any atom is 0.364 e. The Labute approximate surface area is 461 Å². The van der Waals surface area contributed by atoms with Crippen molar-refractivity contribution < 1.29 is 104 Å². The summed E-state index contributed by atoms with van der Waals surface area (Å²) in [7, 11) is 0. The summed E-state index contributed by atoms with van der Waals surface area (Å²) in [4.78, 5) is 38.3. The van der Waals surface area contributed by atoms with Gasteiger partial charge in [-0.2, -0.15) is 0 Å². The molecule has 0 aromatic carbocycles. The molecule has 23 nitrogen and oxygen atoms in total. The van der Waals surface area contributed by atoms with E-state index < -0.39 is 148 Å². The zero-order valence-corrected chi connectivity index (χ0v) is 46.5. The third kappa shape index (κ3) is 23.0. The van der Waals surface area contributed by atoms with Gasteiger partial charge in [0, 0.05) is 19.8 Å². The minimum atomic E-state index is -3.08. The normalized spacial score (nSPS) is 31.2. The Morgan fingerprint density at radius 1 is 0.654 bits per heavy atom. The number of aliphatic carboxylic acids is 1. The molecule has 3 saturated heterocycles. The number of hydrogen-bond acceptors (Lipinski definition) is 20. The summed E-state index contributed by atoms with van der Waals surface area (Å²) in [6.07, 6.45) is -0.201. The number of ether oxygens (including phenoxy) is 6. The Morgan fingerprint density at radius 3 is 1.77 bits per heavy atom. The predicted molar refractivity (Wildman–Crippen MR) is 283 cm³/mol. The average molecular weight is 1130 g/mol. The van der Waals surface area contributed by atoms with Crippen LogP contribution in [0.5, 0.6) is 0 Å². The highest BCUT2D eigenvalue weighted by molar-refractivity contribution is 5.77. The molecule has 3 rings (SSSR count). The van der Waals surface area contributed by atoms with Crippen molar-refractivity contribution in [1.82, 2.24) is 10.6 Å². The van der Waals surface area contributed by atoms with Gasteiger partial charge >= 0.3 is 5.97 Å². The maximum atomic E-state index is 13.3. The minimum absolute atomic E-state index is 0.209. The van der Waals surface area contributed by atoms with Gasteiger partial charge in [0.05, 0.1) is 50.7 Å². The third-order valence-corrected chi connectivity index (χ3v) is 15.0. The second-order valence-electron chi connectivity index (χ2n) is 21.5. The predicted octanol–water partition coefficient (Wildman–Crippen LogP) is 1.61. The highest BCUT2D eigenvalue weighted by Gasteiger charge is 2.60. The van der Waals surface area contributed by atoms with Crippen LogP contribution in [0.2, 0.25) is 0 Å². The van der Waals surface area contributed by atoms with Gasteiger partial charge in [-0.3, -0.25) is 9.59 Å². The highest BCUT2D eigenvalue weighted by Crippen LogP contribution is 2.38. The van der Waals surface area contributed by atoms with E-state index in [1.165, 1.54) is 57.8 Å². The standard InChI is InChI=1S/C55H100N2O21/c1-4-6-8-10-12-14-16-17-18-19-20-22-24-26-28-37(62)36(57-42(65)29-27-25-23-21-15-13-11-9-7-5-2)34-73-52-47(69)46(68)49(41(33-60)75-52)76-53-48(70)51(45(67)40(32-59)74-53)78-55(54(71)72)30-38(63)43(56-35(3)61)50(77-55)44(66)39(64)31-58/h11,13,36-41,43-53,58-60,62-64,66-70H,4-10,12,14-34H2,1-3H3,(H,56,61)(H,57,65)(H,71,72)/b13-11-. The molecule has 456 valence electrons. The number of aliphatic hydroxyl groups excluding tert-OH is 11. The van der Waals surface area contributed by atoms with Crippen LogP contribution in [0.3, 0.4) is 0 Å². The van der Waals surface area contributed by atoms with Crippen molar-refractivity contribution in [1.29, 1.82) is 0 Å². The van der Waals surface area contributed by atoms with Crippen LogP contribution in [-0.4, -0.2) is 215 Å². The van der Waals surface area contributed by atoms with Crippen LogP contribution in [0.1, 0.15) is 181 Å². The van der Waals surface area contributed by atoms with Crippen LogP contribution in [0.15, 0.2) is 12.2 Å². The molecule has 3 fully saturated rings. The Hall–Kier alpha value is -2.53. The third-order valence-electron chi connectivity index (χ3n) is 15.0. The lowest BCUT2D eigenvalue weighted by molar-refractivity contribution is -0.386. The lowest BCUT2D eigenvalue weighted by Crippen LogP contribution is -2.70. The van der Waals surface area contributed by atoms with E-state index in [1.807, 2.05) is 0 Å². The van der Waals surface area contributed by atoms with Crippen molar-refractivity contribution in [2.45, 2.75) is 291 Å². The first-order valence-electron chi connectivity index (χ1n) is 29.0. The van der Waals surface area contributed by atoms with Gasteiger partial charge in [0.15, 0.2) is 12.6 Å². The molecular formula is C55H100N2O21. The van der Waals surface area contributed by atoms with E-state index >= 15 is 0 Å². The number of carboxylic acids is 1. The molecule has 14 N–H and O–H groups in total. The van der Waals surface area contributed by atoms with Gasteiger partial charge in [0.25, 0.3) is 5.79 Å². The number of rotatable bonds is 41. The largest absolute Gasteiger partial charge is 0.477 e. The molecule has 0 spiro atoms. The fourth-order valence-electron chi connectivity index (χ4n) is 10.2. The van der Waals surface area contributed by atoms with Gasteiger partial charge in [-0.1, -0.05) is 142 Å². The fourth-order valence-corrected chi connectivity index (χ4v) is 10.2. The second-order valence-corrected chi connectivity index (χ2v) is 21.5. The maximum absolute atomic E-state index is 13.3. The fraction of sp³-hybridized carbons (Fsp3) is 0.909. The number of aliphatic hydroxyl groups is 11. The van der Waals surface area contributed by atoms with Crippen molar-refractivity contribution in [2.24, 2.45) is 0 Å². The van der Waals surface area contributed by atoms with Crippen LogP contribution >= 0.6 is 0 Å². The number of nitrogens with one attached hydrogen (secondary N) is 2. The van der Waals surface area contributed by atoms with E-state index in [0.717, 1.165) is 77.6 Å². The Kier molecular flexibility index (Phi) is 34.2. The van der Waals surface area contributed by atoms with E-state index in [1.54, 1.807) is 0 Å². The van der Waals surface area contributed by atoms with Crippen molar-refractivity contribution in [3.05, 3.63) is 12.2 Å². The number of allylic oxidation sites excluding steroid dienone is 2. The van der Waals surface area contributed by atoms with Crippen molar-refractivity contribution in [3.63, 3.8) is 0 Å². The molecule has 3 aliphatic rings. The summed E-state index contributed by atoms with van der Waals surface area (Å²) in [6, 6.07) is -2.53. The molecule has 3 aliphatic heterocycles. The summed E-state index contributed by atoms with van der Waals surface area (Å²) < 4.78 is 34.6. The van der Waals surface area contributed by atoms with Crippen molar-refractivity contribution in [3.8, 4) is 0 Å². The number of hydrogen-bond donors (Lipinski definition) is 14. The smallest absolute Gasteiger partial charge is 0.364 e.